The van der Waals surface area contributed by atoms with Crippen molar-refractivity contribution in [3.8, 4) is 0 Å². The highest BCUT2D eigenvalue weighted by Gasteiger charge is 2.20. The van der Waals surface area contributed by atoms with Crippen molar-refractivity contribution in [3.63, 3.8) is 0 Å². The summed E-state index contributed by atoms with van der Waals surface area (Å²) in [6.07, 6.45) is 8.90. The Morgan fingerprint density at radius 1 is 1.15 bits per heavy atom. The molecule has 1 atom stereocenters. The SMILES string of the molecule is C[C@@H](C(=O)Nc1ccc2c(c1)CCCCC2)n1cnc2c(N)ncnc21. The van der Waals surface area contributed by atoms with Crippen molar-refractivity contribution in [1.29, 1.82) is 0 Å². The van der Waals surface area contributed by atoms with Gasteiger partial charge in [0.15, 0.2) is 11.5 Å². The summed E-state index contributed by atoms with van der Waals surface area (Å²) in [7, 11) is 0. The summed E-state index contributed by atoms with van der Waals surface area (Å²) in [5, 5.41) is 3.02. The number of hydrogen-bond donors (Lipinski definition) is 2. The van der Waals surface area contributed by atoms with Gasteiger partial charge in [0.1, 0.15) is 17.9 Å². The first kappa shape index (κ1) is 16.5. The molecule has 3 N–H and O–H groups in total. The largest absolute Gasteiger partial charge is 0.382 e. The number of nitrogens with zero attached hydrogens (tertiary/aromatic N) is 4. The van der Waals surface area contributed by atoms with E-state index < -0.39 is 6.04 Å². The number of nitrogens with two attached hydrogens (primary N) is 1. The quantitative estimate of drug-likeness (QED) is 0.708. The van der Waals surface area contributed by atoms with Crippen molar-refractivity contribution >= 4 is 28.6 Å². The Morgan fingerprint density at radius 2 is 1.96 bits per heavy atom. The molecule has 7 nitrogen and oxygen atoms in total. The van der Waals surface area contributed by atoms with Crippen molar-refractivity contribution in [1.82, 2.24) is 19.5 Å². The Hall–Kier alpha value is -2.96. The van der Waals surface area contributed by atoms with Crippen LogP contribution < -0.4 is 11.1 Å². The highest BCUT2D eigenvalue weighted by molar-refractivity contribution is 5.94. The number of nitrogen functional groups attached to an aromatic ring is 1. The molecule has 0 unspecified atom stereocenters. The molecule has 134 valence electrons. The number of anilines is 2. The Morgan fingerprint density at radius 3 is 2.81 bits per heavy atom. The summed E-state index contributed by atoms with van der Waals surface area (Å²) in [4.78, 5) is 25.1. The zero-order valence-electron chi connectivity index (χ0n) is 14.8. The predicted octanol–water partition coefficient (Wildman–Crippen LogP) is 2.88. The smallest absolute Gasteiger partial charge is 0.247 e. The Labute approximate surface area is 151 Å². The molecule has 1 aromatic carbocycles. The fourth-order valence-corrected chi connectivity index (χ4v) is 3.51. The third kappa shape index (κ3) is 3.00. The van der Waals surface area contributed by atoms with E-state index in [1.54, 1.807) is 10.9 Å². The van der Waals surface area contributed by atoms with Crippen LogP contribution in [0.3, 0.4) is 0 Å². The molecule has 1 aliphatic rings. The van der Waals surface area contributed by atoms with Crippen molar-refractivity contribution in [2.24, 2.45) is 0 Å². The Kier molecular flexibility index (Phi) is 4.28. The molecular weight excluding hydrogens is 328 g/mol. The molecule has 4 rings (SSSR count). The van der Waals surface area contributed by atoms with E-state index in [1.165, 1.54) is 36.7 Å². The van der Waals surface area contributed by atoms with Gasteiger partial charge in [-0.25, -0.2) is 15.0 Å². The monoisotopic (exact) mass is 350 g/mol. The number of hydrogen-bond acceptors (Lipinski definition) is 5. The molecule has 2 aromatic heterocycles. The van der Waals surface area contributed by atoms with E-state index in [-0.39, 0.29) is 5.91 Å². The molecule has 1 amide bonds. The van der Waals surface area contributed by atoms with E-state index >= 15 is 0 Å². The predicted molar refractivity (Wildman–Crippen MR) is 101 cm³/mol. The molecular formula is C19H22N6O. The van der Waals surface area contributed by atoms with Crippen LogP contribution in [-0.4, -0.2) is 25.4 Å². The maximum absolute atomic E-state index is 12.7. The number of carbonyl (C=O) groups is 1. The van der Waals surface area contributed by atoms with Gasteiger partial charge in [-0.1, -0.05) is 12.5 Å². The van der Waals surface area contributed by atoms with Gasteiger partial charge in [-0.15, -0.1) is 0 Å². The van der Waals surface area contributed by atoms with Crippen LogP contribution in [0.1, 0.15) is 43.4 Å². The summed E-state index contributed by atoms with van der Waals surface area (Å²) in [5.74, 6) is 0.196. The molecule has 0 saturated heterocycles. The maximum Gasteiger partial charge on any atom is 0.247 e. The second-order valence-corrected chi connectivity index (χ2v) is 6.79. The van der Waals surface area contributed by atoms with Crippen LogP contribution in [0.25, 0.3) is 11.2 Å². The summed E-state index contributed by atoms with van der Waals surface area (Å²) in [6, 6.07) is 5.77. The van der Waals surface area contributed by atoms with Gasteiger partial charge in [0.2, 0.25) is 5.91 Å². The van der Waals surface area contributed by atoms with Crippen LogP contribution in [0, 0.1) is 0 Å². The van der Waals surface area contributed by atoms with E-state index in [1.807, 2.05) is 13.0 Å². The summed E-state index contributed by atoms with van der Waals surface area (Å²) in [5.41, 5.74) is 10.5. The third-order valence-electron chi connectivity index (χ3n) is 5.05. The molecule has 0 aliphatic heterocycles. The lowest BCUT2D eigenvalue weighted by Gasteiger charge is -2.15. The number of aromatic nitrogens is 4. The van der Waals surface area contributed by atoms with Crippen LogP contribution in [0.5, 0.6) is 0 Å². The summed E-state index contributed by atoms with van der Waals surface area (Å²) < 4.78 is 1.71. The minimum Gasteiger partial charge on any atom is -0.382 e. The van der Waals surface area contributed by atoms with Gasteiger partial charge in [0, 0.05) is 5.69 Å². The molecule has 1 aliphatic carbocycles. The number of fused-ring (bicyclic) bond motifs is 2. The number of imidazole rings is 1. The van der Waals surface area contributed by atoms with Crippen LogP contribution >= 0.6 is 0 Å². The molecule has 0 saturated carbocycles. The Bertz CT molecular complexity index is 964. The fourth-order valence-electron chi connectivity index (χ4n) is 3.51. The van der Waals surface area contributed by atoms with Gasteiger partial charge in [-0.05, 0) is 55.9 Å². The molecule has 0 fully saturated rings. The third-order valence-corrected chi connectivity index (χ3v) is 5.05. The standard InChI is InChI=1S/C19H22N6O/c1-12(25-11-23-16-17(20)21-10-22-18(16)25)19(26)24-15-8-7-13-5-3-2-4-6-14(13)9-15/h7-12H,2-6H2,1H3,(H,24,26)(H2,20,21,22)/t12-/m0/s1. The normalized spacial score (nSPS) is 15.3. The number of amides is 1. The maximum atomic E-state index is 12.7. The number of carbonyl (C=O) groups excluding carboxylic acids is 1. The van der Waals surface area contributed by atoms with Gasteiger partial charge in [0.25, 0.3) is 0 Å². The molecule has 0 bridgehead atoms. The van der Waals surface area contributed by atoms with E-state index in [2.05, 4.69) is 32.4 Å². The molecule has 0 radical (unpaired) electrons. The highest BCUT2D eigenvalue weighted by Crippen LogP contribution is 2.25. The Balaban J connectivity index is 1.56. The van der Waals surface area contributed by atoms with Gasteiger partial charge in [-0.2, -0.15) is 0 Å². The summed E-state index contributed by atoms with van der Waals surface area (Å²) >= 11 is 0. The average Bonchev–Trinajstić information content (AvgIpc) is 2.94. The number of nitrogens with one attached hydrogen (secondary N) is 1. The molecule has 3 aromatic rings. The van der Waals surface area contributed by atoms with Crippen LogP contribution in [-0.2, 0) is 17.6 Å². The van der Waals surface area contributed by atoms with Crippen molar-refractivity contribution in [2.75, 3.05) is 11.1 Å². The minimum atomic E-state index is -0.465. The fraction of sp³-hybridized carbons (Fsp3) is 0.368. The highest BCUT2D eigenvalue weighted by atomic mass is 16.2. The van der Waals surface area contributed by atoms with E-state index in [0.717, 1.165) is 18.5 Å². The minimum absolute atomic E-state index is 0.116. The second-order valence-electron chi connectivity index (χ2n) is 6.79. The van der Waals surface area contributed by atoms with Gasteiger partial charge < -0.3 is 15.6 Å². The van der Waals surface area contributed by atoms with Crippen LogP contribution in [0.15, 0.2) is 30.9 Å². The second kappa shape index (κ2) is 6.74. The van der Waals surface area contributed by atoms with Crippen molar-refractivity contribution < 1.29 is 4.79 Å². The van der Waals surface area contributed by atoms with E-state index in [4.69, 9.17) is 5.73 Å². The van der Waals surface area contributed by atoms with Crippen molar-refractivity contribution in [3.05, 3.63) is 42.0 Å². The molecule has 0 spiro atoms. The topological polar surface area (TPSA) is 98.7 Å². The lowest BCUT2D eigenvalue weighted by molar-refractivity contribution is -0.118. The lowest BCUT2D eigenvalue weighted by Crippen LogP contribution is -2.23. The van der Waals surface area contributed by atoms with Crippen LogP contribution in [0.2, 0.25) is 0 Å². The first-order valence-corrected chi connectivity index (χ1v) is 8.99. The lowest BCUT2D eigenvalue weighted by atomic mass is 10.0. The van der Waals surface area contributed by atoms with Crippen molar-refractivity contribution in [2.45, 2.75) is 45.1 Å². The van der Waals surface area contributed by atoms with Crippen LogP contribution in [0.4, 0.5) is 11.5 Å². The molecule has 7 heteroatoms. The number of benzene rings is 1. The van der Waals surface area contributed by atoms with Gasteiger partial charge in [0.05, 0.1) is 6.33 Å². The first-order valence-electron chi connectivity index (χ1n) is 8.99. The van der Waals surface area contributed by atoms with E-state index in [9.17, 15) is 4.79 Å². The number of rotatable bonds is 3. The molecule has 2 heterocycles. The summed E-state index contributed by atoms with van der Waals surface area (Å²) in [6.45, 7) is 1.82. The average molecular weight is 350 g/mol. The van der Waals surface area contributed by atoms with Gasteiger partial charge in [-0.3, -0.25) is 4.79 Å². The molecule has 26 heavy (non-hydrogen) atoms. The van der Waals surface area contributed by atoms with Gasteiger partial charge >= 0.3 is 0 Å². The first-order chi connectivity index (χ1) is 12.6. The van der Waals surface area contributed by atoms with E-state index in [0.29, 0.717) is 17.0 Å². The zero-order chi connectivity index (χ0) is 18.1. The number of aryl methyl sites for hydroxylation is 2. The zero-order valence-corrected chi connectivity index (χ0v) is 14.8.